The molecule has 10 aromatic rings. The SMILES string of the molecule is O=c1c(=Nc2nc3sc4c(c3s2)OC2(CCCCC2)c2c-4sc3nc(N=c4c(=O)c5cc6ccccc6cc5c4=O)sc23)c(=O)c2cc3ccccc3cc12. The number of rotatable bonds is 2. The van der Waals surface area contributed by atoms with Gasteiger partial charge in [-0.2, -0.15) is 0 Å². The number of aromatic nitrogens is 2. The van der Waals surface area contributed by atoms with Gasteiger partial charge in [-0.1, -0.05) is 77.6 Å². The van der Waals surface area contributed by atoms with Crippen molar-refractivity contribution in [2.75, 3.05) is 0 Å². The first kappa shape index (κ1) is 31.7. The molecule has 6 aromatic carbocycles. The largest absolute Gasteiger partial charge is 0.479 e. The second kappa shape index (κ2) is 11.2. The zero-order valence-electron chi connectivity index (χ0n) is 28.4. The molecule has 1 fully saturated rings. The average molecular weight is 791 g/mol. The molecule has 12 rings (SSSR count). The number of nitrogens with zero attached hydrogens (tertiary/aromatic N) is 4. The highest BCUT2D eigenvalue weighted by molar-refractivity contribution is 7.35. The second-order valence-corrected chi connectivity index (χ2v) is 18.2. The quantitative estimate of drug-likeness (QED) is 0.172. The molecule has 5 heterocycles. The summed E-state index contributed by atoms with van der Waals surface area (Å²) in [6.45, 7) is 0. The van der Waals surface area contributed by atoms with Gasteiger partial charge in [0.05, 0.1) is 14.5 Å². The highest BCUT2D eigenvalue weighted by Gasteiger charge is 2.47. The molecule has 0 amide bonds. The van der Waals surface area contributed by atoms with E-state index in [0.29, 0.717) is 31.8 Å². The summed E-state index contributed by atoms with van der Waals surface area (Å²) in [5.74, 6) is 0.763. The molecule has 264 valence electrons. The molecule has 0 atom stereocenters. The van der Waals surface area contributed by atoms with Crippen molar-refractivity contribution in [3.63, 3.8) is 0 Å². The molecular weight excluding hydrogens is 769 g/mol. The van der Waals surface area contributed by atoms with Gasteiger partial charge in [-0.3, -0.25) is 19.2 Å². The van der Waals surface area contributed by atoms with Crippen molar-refractivity contribution >= 4 is 118 Å². The Morgan fingerprint density at radius 2 is 0.982 bits per heavy atom. The summed E-state index contributed by atoms with van der Waals surface area (Å²) in [7, 11) is 0. The van der Waals surface area contributed by atoms with E-state index in [9.17, 15) is 19.2 Å². The number of fused-ring (bicyclic) bond motifs is 12. The number of hydrogen-bond donors (Lipinski definition) is 0. The molecule has 0 bridgehead atoms. The maximum atomic E-state index is 13.5. The first-order valence-corrected chi connectivity index (χ1v) is 21.1. The van der Waals surface area contributed by atoms with Gasteiger partial charge in [0, 0.05) is 27.1 Å². The molecule has 2 aliphatic rings. The minimum absolute atomic E-state index is 0.103. The lowest BCUT2D eigenvalue weighted by Gasteiger charge is -2.40. The smallest absolute Gasteiger partial charge is 0.216 e. The van der Waals surface area contributed by atoms with Crippen LogP contribution in [0.15, 0.2) is 102 Å². The Labute approximate surface area is 323 Å². The van der Waals surface area contributed by atoms with Crippen LogP contribution in [0.4, 0.5) is 10.3 Å². The van der Waals surface area contributed by atoms with E-state index in [4.69, 9.17) is 14.7 Å². The van der Waals surface area contributed by atoms with Gasteiger partial charge in [0.15, 0.2) is 16.5 Å². The molecule has 0 unspecified atom stereocenters. The van der Waals surface area contributed by atoms with E-state index in [-0.39, 0.29) is 32.4 Å². The van der Waals surface area contributed by atoms with Gasteiger partial charge in [0.2, 0.25) is 32.0 Å². The van der Waals surface area contributed by atoms with Crippen LogP contribution in [0.3, 0.4) is 0 Å². The maximum Gasteiger partial charge on any atom is 0.216 e. The first-order valence-electron chi connectivity index (χ1n) is 17.8. The summed E-state index contributed by atoms with van der Waals surface area (Å²) in [6, 6.07) is 22.4. The van der Waals surface area contributed by atoms with Crippen LogP contribution in [0.2, 0.25) is 0 Å². The Kier molecular flexibility index (Phi) is 6.48. The molecule has 9 nitrogen and oxygen atoms in total. The van der Waals surface area contributed by atoms with Crippen molar-refractivity contribution in [2.45, 2.75) is 37.7 Å². The molecule has 0 radical (unpaired) electrons. The molecule has 0 saturated heterocycles. The topological polar surface area (TPSA) is 128 Å². The number of benzene rings is 4. The van der Waals surface area contributed by atoms with E-state index in [0.717, 1.165) is 93.8 Å². The summed E-state index contributed by atoms with van der Waals surface area (Å²) in [4.78, 5) is 76.3. The zero-order valence-corrected chi connectivity index (χ0v) is 31.7. The molecule has 1 aliphatic heterocycles. The third-order valence-corrected chi connectivity index (χ3v) is 15.6. The Morgan fingerprint density at radius 1 is 0.545 bits per heavy atom. The highest BCUT2D eigenvalue weighted by Crippen LogP contribution is 2.62. The monoisotopic (exact) mass is 790 g/mol. The van der Waals surface area contributed by atoms with Gasteiger partial charge in [-0.25, -0.2) is 20.0 Å². The van der Waals surface area contributed by atoms with Gasteiger partial charge in [-0.05, 0) is 71.5 Å². The van der Waals surface area contributed by atoms with E-state index >= 15 is 0 Å². The van der Waals surface area contributed by atoms with Gasteiger partial charge < -0.3 is 4.74 Å². The average Bonchev–Trinajstić information content (AvgIpc) is 4.03. The molecule has 4 aromatic heterocycles. The molecule has 13 heteroatoms. The van der Waals surface area contributed by atoms with Crippen LogP contribution in [0, 0.1) is 0 Å². The highest BCUT2D eigenvalue weighted by atomic mass is 32.1. The Bertz CT molecular complexity index is 3540. The van der Waals surface area contributed by atoms with Crippen LogP contribution >= 0.6 is 45.3 Å². The lowest BCUT2D eigenvalue weighted by Crippen LogP contribution is -2.37. The van der Waals surface area contributed by atoms with Crippen molar-refractivity contribution in [2.24, 2.45) is 9.98 Å². The van der Waals surface area contributed by atoms with E-state index in [1.165, 1.54) is 34.0 Å². The maximum absolute atomic E-state index is 13.5. The van der Waals surface area contributed by atoms with Crippen molar-refractivity contribution in [1.82, 2.24) is 9.97 Å². The number of hydrogen-bond acceptors (Lipinski definition) is 13. The van der Waals surface area contributed by atoms with Crippen molar-refractivity contribution in [1.29, 1.82) is 0 Å². The van der Waals surface area contributed by atoms with E-state index < -0.39 is 5.60 Å². The van der Waals surface area contributed by atoms with E-state index in [2.05, 4.69) is 9.98 Å². The fraction of sp³-hybridized carbons (Fsp3) is 0.143. The number of ether oxygens (including phenoxy) is 1. The van der Waals surface area contributed by atoms with Crippen LogP contribution in [-0.2, 0) is 5.60 Å². The Balaban J connectivity index is 0.995. The molecular formula is C42H22N4O5S4. The predicted octanol–water partition coefficient (Wildman–Crippen LogP) is 8.52. The third kappa shape index (κ3) is 4.43. The van der Waals surface area contributed by atoms with E-state index in [1.807, 2.05) is 48.5 Å². The predicted molar refractivity (Wildman–Crippen MR) is 223 cm³/mol. The summed E-state index contributed by atoms with van der Waals surface area (Å²) in [5.41, 5.74) is -1.01. The molecule has 55 heavy (non-hydrogen) atoms. The number of thiophene rings is 2. The van der Waals surface area contributed by atoms with Gasteiger partial charge in [0.1, 0.15) is 20.0 Å². The lowest BCUT2D eigenvalue weighted by atomic mass is 9.78. The normalized spacial score (nSPS) is 15.1. The second-order valence-electron chi connectivity index (χ2n) is 14.2. The van der Waals surface area contributed by atoms with Gasteiger partial charge in [-0.15, -0.1) is 22.7 Å². The van der Waals surface area contributed by atoms with Crippen molar-refractivity contribution < 1.29 is 4.74 Å². The van der Waals surface area contributed by atoms with Crippen LogP contribution < -0.4 is 37.2 Å². The standard InChI is InChI=1S/C42H22N4O5S4/c47-29-22-14-18-8-2-3-9-19(18)15-23(22)30(48)27(29)43-40-45-38-35(54-40)26-34(52-38)36-33(51-42(26)12-6-1-7-13-42)37-39(53-36)46-41(55-37)44-28-31(49)24-16-20-10-4-5-11-21(20)17-25(24)32(28)50/h2-5,8-11,14-17H,1,6-7,12-13H2. The van der Waals surface area contributed by atoms with Gasteiger partial charge >= 0.3 is 0 Å². The molecule has 1 spiro atoms. The minimum Gasteiger partial charge on any atom is -0.479 e. The molecule has 1 aliphatic carbocycles. The fourth-order valence-electron chi connectivity index (χ4n) is 8.50. The lowest BCUT2D eigenvalue weighted by molar-refractivity contribution is 0.0282. The van der Waals surface area contributed by atoms with E-state index in [1.54, 1.807) is 35.6 Å². The summed E-state index contributed by atoms with van der Waals surface area (Å²) >= 11 is 5.81. The first-order chi connectivity index (χ1) is 26.8. The van der Waals surface area contributed by atoms with Crippen LogP contribution in [0.25, 0.3) is 71.9 Å². The third-order valence-electron chi connectivity index (χ3n) is 11.1. The van der Waals surface area contributed by atoms with Crippen LogP contribution in [-0.4, -0.2) is 9.97 Å². The summed E-state index contributed by atoms with van der Waals surface area (Å²) < 4.78 is 8.94. The van der Waals surface area contributed by atoms with Gasteiger partial charge in [0.25, 0.3) is 0 Å². The fourth-order valence-corrected chi connectivity index (χ4v) is 13.3. The zero-order chi connectivity index (χ0) is 36.7. The Hall–Kier alpha value is -5.60. The minimum atomic E-state index is -0.587. The van der Waals surface area contributed by atoms with Crippen molar-refractivity contribution in [3.8, 4) is 15.5 Å². The number of thiazole rings is 2. The Morgan fingerprint density at radius 3 is 1.47 bits per heavy atom. The van der Waals surface area contributed by atoms with Crippen LogP contribution in [0.1, 0.15) is 37.7 Å². The summed E-state index contributed by atoms with van der Waals surface area (Å²) in [5, 5.41) is 5.57. The van der Waals surface area contributed by atoms with Crippen molar-refractivity contribution in [3.05, 3.63) is 130 Å². The summed E-state index contributed by atoms with van der Waals surface area (Å²) in [6.07, 6.45) is 4.78. The van der Waals surface area contributed by atoms with Crippen LogP contribution in [0.5, 0.6) is 5.75 Å². The molecule has 0 N–H and O–H groups in total. The molecule has 1 saturated carbocycles.